The van der Waals surface area contributed by atoms with Crippen LogP contribution in [0.4, 0.5) is 0 Å². The van der Waals surface area contributed by atoms with Gasteiger partial charge in [0.15, 0.2) is 0 Å². The Hall–Kier alpha value is -0.440. The number of carbonyl (C=O) groups excluding carboxylic acids is 1. The maximum absolute atomic E-state index is 10.9. The van der Waals surface area contributed by atoms with Crippen molar-refractivity contribution in [1.29, 1.82) is 0 Å². The van der Waals surface area contributed by atoms with E-state index in [9.17, 15) is 4.79 Å². The summed E-state index contributed by atoms with van der Waals surface area (Å²) in [6, 6.07) is 0. The minimum atomic E-state index is -0.282. The fourth-order valence-electron chi connectivity index (χ4n) is 0.387. The van der Waals surface area contributed by atoms with Crippen molar-refractivity contribution in [3.8, 4) is 0 Å². The number of esters is 1. The molecular weight excluding hydrogens is 148 g/mol. The van der Waals surface area contributed by atoms with Gasteiger partial charge in [0.25, 0.3) is 0 Å². The summed E-state index contributed by atoms with van der Waals surface area (Å²) in [5.74, 6) is -0.282. The minimum absolute atomic E-state index is 0.282. The third-order valence-electron chi connectivity index (χ3n) is 1.12. The fraction of sp³-hybridized carbons (Fsp3) is 0.571. The second-order valence-electron chi connectivity index (χ2n) is 1.93. The molecule has 0 aromatic rings. The summed E-state index contributed by atoms with van der Waals surface area (Å²) in [7, 11) is 0. The lowest BCUT2D eigenvalue weighted by Crippen LogP contribution is -2.05. The van der Waals surface area contributed by atoms with Gasteiger partial charge in [-0.25, -0.2) is 4.79 Å². The number of hydrogen-bond acceptors (Lipinski definition) is 3. The van der Waals surface area contributed by atoms with Crippen LogP contribution in [0.1, 0.15) is 20.8 Å². The lowest BCUT2D eigenvalue weighted by Gasteiger charge is -2.01. The van der Waals surface area contributed by atoms with Gasteiger partial charge in [-0.2, -0.15) is 0 Å². The summed E-state index contributed by atoms with van der Waals surface area (Å²) in [6.45, 7) is 5.64. The van der Waals surface area contributed by atoms with E-state index in [0.29, 0.717) is 17.1 Å². The second-order valence-corrected chi connectivity index (χ2v) is 2.60. The van der Waals surface area contributed by atoms with Gasteiger partial charge in [-0.1, -0.05) is 0 Å². The SMILES string of the molecule is CCOC(=O)/C(C)=C(\C)S. The first-order chi connectivity index (χ1) is 4.59. The van der Waals surface area contributed by atoms with E-state index in [4.69, 9.17) is 4.74 Å². The molecule has 0 unspecified atom stereocenters. The first-order valence-electron chi connectivity index (χ1n) is 3.13. The predicted octanol–water partition coefficient (Wildman–Crippen LogP) is 1.77. The van der Waals surface area contributed by atoms with Crippen LogP contribution in [-0.4, -0.2) is 12.6 Å². The Labute approximate surface area is 66.7 Å². The second kappa shape index (κ2) is 4.39. The van der Waals surface area contributed by atoms with Gasteiger partial charge in [0.2, 0.25) is 0 Å². The van der Waals surface area contributed by atoms with Crippen LogP contribution in [0.5, 0.6) is 0 Å². The Balaban J connectivity index is 4.09. The number of thiol groups is 1. The Morgan fingerprint density at radius 1 is 1.50 bits per heavy atom. The van der Waals surface area contributed by atoms with Crippen LogP contribution in [0.3, 0.4) is 0 Å². The highest BCUT2D eigenvalue weighted by Crippen LogP contribution is 2.07. The topological polar surface area (TPSA) is 26.3 Å². The van der Waals surface area contributed by atoms with E-state index in [1.807, 2.05) is 0 Å². The molecule has 0 aliphatic rings. The van der Waals surface area contributed by atoms with E-state index in [2.05, 4.69) is 12.6 Å². The van der Waals surface area contributed by atoms with Crippen molar-refractivity contribution in [1.82, 2.24) is 0 Å². The molecule has 2 nitrogen and oxygen atoms in total. The van der Waals surface area contributed by atoms with Crippen LogP contribution in [-0.2, 0) is 9.53 Å². The van der Waals surface area contributed by atoms with Gasteiger partial charge in [-0.15, -0.1) is 12.6 Å². The van der Waals surface area contributed by atoms with Gasteiger partial charge in [-0.3, -0.25) is 0 Å². The van der Waals surface area contributed by atoms with Crippen molar-refractivity contribution in [3.63, 3.8) is 0 Å². The Morgan fingerprint density at radius 3 is 2.30 bits per heavy atom. The summed E-state index contributed by atoms with van der Waals surface area (Å²) >= 11 is 4.00. The molecule has 0 fully saturated rings. The zero-order chi connectivity index (χ0) is 8.15. The monoisotopic (exact) mass is 160 g/mol. The molecule has 0 rings (SSSR count). The van der Waals surface area contributed by atoms with E-state index >= 15 is 0 Å². The molecule has 0 aromatic heterocycles. The quantitative estimate of drug-likeness (QED) is 0.378. The third-order valence-corrected chi connectivity index (χ3v) is 1.46. The van der Waals surface area contributed by atoms with Crippen molar-refractivity contribution >= 4 is 18.6 Å². The molecule has 0 heterocycles. The Kier molecular flexibility index (Phi) is 4.19. The van der Waals surface area contributed by atoms with E-state index in [-0.39, 0.29) is 5.97 Å². The zero-order valence-electron chi connectivity index (χ0n) is 6.47. The maximum atomic E-state index is 10.9. The van der Waals surface area contributed by atoms with Gasteiger partial charge in [0.1, 0.15) is 0 Å². The van der Waals surface area contributed by atoms with Crippen LogP contribution >= 0.6 is 12.6 Å². The molecule has 0 amide bonds. The summed E-state index contributed by atoms with van der Waals surface area (Å²) in [6.07, 6.45) is 0. The normalized spacial score (nSPS) is 12.4. The summed E-state index contributed by atoms with van der Waals surface area (Å²) < 4.78 is 4.72. The van der Waals surface area contributed by atoms with Gasteiger partial charge in [-0.05, 0) is 25.7 Å². The van der Waals surface area contributed by atoms with Crippen LogP contribution in [0, 0.1) is 0 Å². The third kappa shape index (κ3) is 2.92. The van der Waals surface area contributed by atoms with Crippen molar-refractivity contribution in [2.45, 2.75) is 20.8 Å². The summed E-state index contributed by atoms with van der Waals surface area (Å²) in [5.41, 5.74) is 0.574. The van der Waals surface area contributed by atoms with E-state index in [1.165, 1.54) is 0 Å². The van der Waals surface area contributed by atoms with Crippen molar-refractivity contribution < 1.29 is 9.53 Å². The molecule has 0 aliphatic heterocycles. The highest BCUT2D eigenvalue weighted by molar-refractivity contribution is 7.84. The number of allylic oxidation sites excluding steroid dienone is 1. The smallest absolute Gasteiger partial charge is 0.334 e. The largest absolute Gasteiger partial charge is 0.463 e. The average Bonchev–Trinajstić information content (AvgIpc) is 1.87. The summed E-state index contributed by atoms with van der Waals surface area (Å²) in [5, 5.41) is 0. The Morgan fingerprint density at radius 2 is 2.00 bits per heavy atom. The summed E-state index contributed by atoms with van der Waals surface area (Å²) in [4.78, 5) is 11.6. The molecule has 3 heteroatoms. The van der Waals surface area contributed by atoms with Crippen LogP contribution in [0.25, 0.3) is 0 Å². The van der Waals surface area contributed by atoms with Gasteiger partial charge in [0, 0.05) is 5.57 Å². The van der Waals surface area contributed by atoms with Crippen LogP contribution in [0.2, 0.25) is 0 Å². The number of ether oxygens (including phenoxy) is 1. The number of carbonyl (C=O) groups is 1. The molecule has 0 aliphatic carbocycles. The lowest BCUT2D eigenvalue weighted by atomic mass is 10.3. The molecule has 0 saturated carbocycles. The van der Waals surface area contributed by atoms with Crippen LogP contribution in [0.15, 0.2) is 10.5 Å². The fourth-order valence-corrected chi connectivity index (χ4v) is 0.478. The van der Waals surface area contributed by atoms with E-state index in [0.717, 1.165) is 0 Å². The minimum Gasteiger partial charge on any atom is -0.463 e. The van der Waals surface area contributed by atoms with Crippen molar-refractivity contribution in [2.24, 2.45) is 0 Å². The average molecular weight is 160 g/mol. The molecule has 10 heavy (non-hydrogen) atoms. The molecule has 0 bridgehead atoms. The van der Waals surface area contributed by atoms with E-state index < -0.39 is 0 Å². The molecule has 58 valence electrons. The van der Waals surface area contributed by atoms with Gasteiger partial charge < -0.3 is 4.74 Å². The van der Waals surface area contributed by atoms with Gasteiger partial charge in [0.05, 0.1) is 6.61 Å². The molecule has 0 radical (unpaired) electrons. The highest BCUT2D eigenvalue weighted by Gasteiger charge is 2.04. The molecule has 0 spiro atoms. The first-order valence-corrected chi connectivity index (χ1v) is 3.57. The zero-order valence-corrected chi connectivity index (χ0v) is 7.37. The Bertz CT molecular complexity index is 157. The van der Waals surface area contributed by atoms with Gasteiger partial charge >= 0.3 is 5.97 Å². The molecular formula is C7H12O2S. The standard InChI is InChI=1S/C7H12O2S/c1-4-9-7(8)5(2)6(3)10/h10H,4H2,1-3H3/b6-5+. The molecule has 0 atom stereocenters. The van der Waals surface area contributed by atoms with Crippen molar-refractivity contribution in [2.75, 3.05) is 6.61 Å². The molecule has 0 saturated heterocycles. The number of hydrogen-bond donors (Lipinski definition) is 1. The number of rotatable bonds is 2. The molecule has 0 N–H and O–H groups in total. The predicted molar refractivity (Wildman–Crippen MR) is 44.0 cm³/mol. The highest BCUT2D eigenvalue weighted by atomic mass is 32.1. The first kappa shape index (κ1) is 9.56. The van der Waals surface area contributed by atoms with Crippen LogP contribution < -0.4 is 0 Å². The molecule has 0 aromatic carbocycles. The van der Waals surface area contributed by atoms with Crippen molar-refractivity contribution in [3.05, 3.63) is 10.5 Å². The van der Waals surface area contributed by atoms with E-state index in [1.54, 1.807) is 20.8 Å². The maximum Gasteiger partial charge on any atom is 0.334 e. The lowest BCUT2D eigenvalue weighted by molar-refractivity contribution is -0.138.